The van der Waals surface area contributed by atoms with Crippen LogP contribution >= 0.6 is 7.82 Å². The Balaban J connectivity index is 2.16. The zero-order chi connectivity index (χ0) is 48.3. The van der Waals surface area contributed by atoms with Crippen molar-refractivity contribution in [2.24, 2.45) is 44.6 Å². The molecule has 2 rings (SSSR count). The zero-order valence-electron chi connectivity index (χ0n) is 36.8. The number of carbonyl (C=O) groups excluding carboxylic acids is 8. The van der Waals surface area contributed by atoms with Crippen molar-refractivity contribution in [3.8, 4) is 0 Å². The van der Waals surface area contributed by atoms with Gasteiger partial charge in [-0.25, -0.2) is 4.57 Å². The van der Waals surface area contributed by atoms with Crippen molar-refractivity contribution in [2.45, 2.75) is 134 Å². The van der Waals surface area contributed by atoms with Crippen LogP contribution in [-0.2, 0) is 47.4 Å². The van der Waals surface area contributed by atoms with Crippen LogP contribution in [0.5, 0.6) is 0 Å². The predicted molar refractivity (Wildman–Crippen MR) is 232 cm³/mol. The highest BCUT2D eigenvalue weighted by Crippen LogP contribution is 2.35. The Morgan fingerprint density at radius 1 is 0.719 bits per heavy atom. The van der Waals surface area contributed by atoms with Gasteiger partial charge in [-0.05, 0) is 77.6 Å². The zero-order valence-corrected chi connectivity index (χ0v) is 37.7. The second-order valence-corrected chi connectivity index (χ2v) is 17.4. The molecule has 17 N–H and O–H groups in total. The van der Waals surface area contributed by atoms with Crippen LogP contribution in [0.3, 0.4) is 0 Å². The Kier molecular flexibility index (Phi) is 22.5. The Morgan fingerprint density at radius 3 is 1.84 bits per heavy atom. The van der Waals surface area contributed by atoms with E-state index in [0.717, 1.165) is 0 Å². The number of guanidine groups is 2. The first-order chi connectivity index (χ1) is 29.9. The molecule has 7 amide bonds. The largest absolute Gasteiger partial charge is 0.469 e. The minimum absolute atomic E-state index is 0.00685. The average Bonchev–Trinajstić information content (AvgIpc) is 3.91. The number of aliphatic imine (C=N–C) groups is 2. The number of likely N-dealkylation sites (tertiary alicyclic amines) is 2. The quantitative estimate of drug-likeness (QED) is 0.0127. The van der Waals surface area contributed by atoms with Crippen molar-refractivity contribution < 1.29 is 57.2 Å². The van der Waals surface area contributed by atoms with Crippen molar-refractivity contribution in [1.29, 1.82) is 0 Å². The van der Waals surface area contributed by atoms with Crippen LogP contribution in [0.4, 0.5) is 0 Å². The van der Waals surface area contributed by atoms with Crippen LogP contribution < -0.4 is 55.3 Å². The van der Waals surface area contributed by atoms with Crippen LogP contribution in [0.2, 0.25) is 0 Å². The van der Waals surface area contributed by atoms with Crippen LogP contribution in [-0.4, -0.2) is 160 Å². The Hall–Kier alpha value is -5.43. The number of aldehydes is 1. The summed E-state index contributed by atoms with van der Waals surface area (Å²) in [5.41, 5.74) is 27.4. The first kappa shape index (κ1) is 54.7. The number of phosphoric acid groups is 1. The monoisotopic (exact) mass is 930 g/mol. The molecule has 26 nitrogen and oxygen atoms in total. The van der Waals surface area contributed by atoms with Gasteiger partial charge >= 0.3 is 7.82 Å². The maximum absolute atomic E-state index is 13.7. The molecule has 64 heavy (non-hydrogen) atoms. The third-order valence-electron chi connectivity index (χ3n) is 10.3. The topological polar surface area (TPSA) is 425 Å². The van der Waals surface area contributed by atoms with E-state index in [0.29, 0.717) is 38.5 Å². The van der Waals surface area contributed by atoms with E-state index in [-0.39, 0.29) is 69.6 Å². The van der Waals surface area contributed by atoms with Gasteiger partial charge in [-0.3, -0.25) is 48.1 Å². The molecule has 8 atom stereocenters. The summed E-state index contributed by atoms with van der Waals surface area (Å²) >= 11 is 0. The second-order valence-electron chi connectivity index (χ2n) is 16.1. The lowest BCUT2D eigenvalue weighted by molar-refractivity contribution is -0.143. The molecule has 2 aliphatic rings. The standard InChI is InChI=1S/C37H67N14O12P/c1-20(2)17-26(35(59)50-15-7-9-23(50)18-52)48-33(57)28-12-8-16-51(28)34(58)22(4)46-32(56)27(19-63-64(60,61)62)49-29(53)21(3)45-31(55)25(11-6-14-44-37(41)42)47-30(54)24(38)10-5-13-43-36(39)40/h18,20-28H,5-17,19,38H2,1-4H3,(H,45,55)(H,46,56)(H,47,54)(H,48,57)(H,49,53)(H4,39,40,43)(H4,41,42,44)(H2,60,61,62)/t21-,22-,23-,24-,25-,26-,27-,28-/m0/s1. The van der Waals surface area contributed by atoms with Gasteiger partial charge in [0.2, 0.25) is 41.4 Å². The van der Waals surface area contributed by atoms with E-state index in [1.807, 2.05) is 13.8 Å². The van der Waals surface area contributed by atoms with Crippen LogP contribution in [0, 0.1) is 5.92 Å². The molecular weight excluding hydrogens is 863 g/mol. The molecule has 0 spiro atoms. The fourth-order valence-electron chi connectivity index (χ4n) is 7.03. The van der Waals surface area contributed by atoms with Crippen molar-refractivity contribution >= 4 is 67.4 Å². The summed E-state index contributed by atoms with van der Waals surface area (Å²) < 4.78 is 16.1. The molecule has 0 saturated carbocycles. The number of hydrogen-bond acceptors (Lipinski definition) is 13. The molecule has 0 aromatic carbocycles. The molecule has 2 aliphatic heterocycles. The number of hydrogen-bond donors (Lipinski definition) is 12. The minimum Gasteiger partial charge on any atom is -0.370 e. The third kappa shape index (κ3) is 18.7. The summed E-state index contributed by atoms with van der Waals surface area (Å²) in [5.74, 6) is -5.72. The van der Waals surface area contributed by atoms with Gasteiger partial charge in [0.1, 0.15) is 42.5 Å². The highest BCUT2D eigenvalue weighted by Gasteiger charge is 2.40. The summed E-state index contributed by atoms with van der Waals surface area (Å²) in [4.78, 5) is 135. The molecule has 0 aromatic rings. The number of nitrogens with two attached hydrogens (primary N) is 5. The lowest BCUT2D eigenvalue weighted by Gasteiger charge is -2.31. The second kappa shape index (κ2) is 26.4. The summed E-state index contributed by atoms with van der Waals surface area (Å²) in [5, 5.41) is 12.4. The molecule has 0 radical (unpaired) electrons. The van der Waals surface area contributed by atoms with E-state index in [9.17, 15) is 52.7 Å². The highest BCUT2D eigenvalue weighted by atomic mass is 31.2. The first-order valence-electron chi connectivity index (χ1n) is 21.1. The molecule has 27 heteroatoms. The Morgan fingerprint density at radius 2 is 1.27 bits per heavy atom. The summed E-state index contributed by atoms with van der Waals surface area (Å²) in [6, 6.07) is -9.47. The van der Waals surface area contributed by atoms with Crippen molar-refractivity contribution in [1.82, 2.24) is 36.4 Å². The van der Waals surface area contributed by atoms with Gasteiger partial charge in [0.15, 0.2) is 11.9 Å². The number of carbonyl (C=O) groups is 8. The average molecular weight is 931 g/mol. The van der Waals surface area contributed by atoms with E-state index in [1.54, 1.807) is 0 Å². The summed E-state index contributed by atoms with van der Waals surface area (Å²) in [7, 11) is -5.21. The molecule has 0 unspecified atom stereocenters. The van der Waals surface area contributed by atoms with Gasteiger partial charge in [-0.1, -0.05) is 13.8 Å². The fourth-order valence-corrected chi connectivity index (χ4v) is 7.37. The third-order valence-corrected chi connectivity index (χ3v) is 10.8. The lowest BCUT2D eigenvalue weighted by atomic mass is 10.0. The number of nitrogens with zero attached hydrogens (tertiary/aromatic N) is 4. The molecule has 362 valence electrons. The Labute approximate surface area is 371 Å². The van der Waals surface area contributed by atoms with E-state index in [1.165, 1.54) is 23.6 Å². The molecule has 2 heterocycles. The highest BCUT2D eigenvalue weighted by molar-refractivity contribution is 7.46. The molecule has 0 aliphatic carbocycles. The van der Waals surface area contributed by atoms with Crippen molar-refractivity contribution in [2.75, 3.05) is 32.8 Å². The van der Waals surface area contributed by atoms with Gasteiger partial charge in [-0.2, -0.15) is 0 Å². The van der Waals surface area contributed by atoms with Crippen molar-refractivity contribution in [3.63, 3.8) is 0 Å². The molecule has 0 aromatic heterocycles. The number of rotatable bonds is 26. The smallest absolute Gasteiger partial charge is 0.370 e. The van der Waals surface area contributed by atoms with Gasteiger partial charge in [-0.15, -0.1) is 0 Å². The lowest BCUT2D eigenvalue weighted by Crippen LogP contribution is -2.60. The SMILES string of the molecule is CC(C)C[C@H](NC(=O)[C@@H]1CCCN1C(=O)[C@H](C)NC(=O)[C@H](COP(=O)(O)O)NC(=O)[C@H](C)NC(=O)[C@H](CCCN=C(N)N)NC(=O)[C@@H](N)CCCN=C(N)N)C(=O)N1CCC[C@H]1C=O. The van der Waals surface area contributed by atoms with E-state index < -0.39 is 104 Å². The summed E-state index contributed by atoms with van der Waals surface area (Å²) in [6.45, 7) is 6.00. The summed E-state index contributed by atoms with van der Waals surface area (Å²) in [6.07, 6.45) is 3.52. The van der Waals surface area contributed by atoms with Gasteiger partial charge in [0.25, 0.3) is 0 Å². The normalized spacial score (nSPS) is 18.9. The van der Waals surface area contributed by atoms with Crippen LogP contribution in [0.15, 0.2) is 9.98 Å². The molecule has 2 fully saturated rings. The first-order valence-corrected chi connectivity index (χ1v) is 22.6. The van der Waals surface area contributed by atoms with E-state index in [4.69, 9.17) is 28.7 Å². The van der Waals surface area contributed by atoms with Gasteiger partial charge in [0, 0.05) is 26.2 Å². The van der Waals surface area contributed by atoms with Crippen molar-refractivity contribution in [3.05, 3.63) is 0 Å². The van der Waals surface area contributed by atoms with E-state index >= 15 is 0 Å². The molecule has 0 bridgehead atoms. The van der Waals surface area contributed by atoms with Gasteiger partial charge in [0.05, 0.1) is 18.7 Å². The number of amides is 7. The predicted octanol–water partition coefficient (Wildman–Crippen LogP) is -4.78. The Bertz CT molecular complexity index is 1760. The van der Waals surface area contributed by atoms with Crippen LogP contribution in [0.25, 0.3) is 0 Å². The number of phosphoric ester groups is 1. The van der Waals surface area contributed by atoms with Crippen LogP contribution in [0.1, 0.15) is 85.5 Å². The number of nitrogens with one attached hydrogen (secondary N) is 5. The van der Waals surface area contributed by atoms with Gasteiger partial charge < -0.3 is 79.6 Å². The maximum atomic E-state index is 13.7. The minimum atomic E-state index is -5.21. The van der Waals surface area contributed by atoms with E-state index in [2.05, 4.69) is 41.1 Å². The molecular formula is C37H67N14O12P. The fraction of sp³-hybridized carbons (Fsp3) is 0.730. The maximum Gasteiger partial charge on any atom is 0.469 e. The molecule has 2 saturated heterocycles.